The fraction of sp³-hybridized carbons (Fsp3) is 0.727. The van der Waals surface area contributed by atoms with Crippen molar-refractivity contribution in [2.24, 2.45) is 5.41 Å². The second kappa shape index (κ2) is 6.49. The van der Waals surface area contributed by atoms with Crippen LogP contribution in [0.25, 0.3) is 0 Å². The topological polar surface area (TPSA) is 71.1 Å². The van der Waals surface area contributed by atoms with E-state index < -0.39 is 10.0 Å². The summed E-state index contributed by atoms with van der Waals surface area (Å²) in [5.74, 6) is 0. The normalized spacial score (nSPS) is 18.8. The number of hydrogen-bond acceptors (Lipinski definition) is 5. The molecular formula is C11H20ClN3O2S2. The van der Waals surface area contributed by atoms with Gasteiger partial charge in [-0.3, -0.25) is 0 Å². The molecule has 0 unspecified atom stereocenters. The summed E-state index contributed by atoms with van der Waals surface area (Å²) in [6.45, 7) is 6.34. The zero-order valence-electron chi connectivity index (χ0n) is 11.1. The first-order valence-corrected chi connectivity index (χ1v) is 8.34. The van der Waals surface area contributed by atoms with Crippen LogP contribution in [0.5, 0.6) is 0 Å². The Bertz CT molecular complexity index is 510. The molecule has 0 aromatic carbocycles. The molecule has 1 fully saturated rings. The maximum atomic E-state index is 12.1. The smallest absolute Gasteiger partial charge is 0.251 e. The molecule has 1 aliphatic rings. The van der Waals surface area contributed by atoms with Gasteiger partial charge in [0.15, 0.2) is 4.21 Å². The minimum atomic E-state index is -3.39. The van der Waals surface area contributed by atoms with Gasteiger partial charge in [0, 0.05) is 6.54 Å². The summed E-state index contributed by atoms with van der Waals surface area (Å²) in [4.78, 5) is 3.98. The minimum absolute atomic E-state index is 0. The molecule has 2 rings (SSSR count). The number of aromatic nitrogens is 1. The molecule has 0 radical (unpaired) electrons. The Morgan fingerprint density at radius 2 is 2.11 bits per heavy atom. The summed E-state index contributed by atoms with van der Waals surface area (Å²) < 4.78 is 27.2. The number of rotatable bonds is 4. The molecule has 0 spiro atoms. The van der Waals surface area contributed by atoms with Crippen molar-refractivity contribution >= 4 is 33.8 Å². The highest BCUT2D eigenvalue weighted by molar-refractivity contribution is 7.91. The molecule has 19 heavy (non-hydrogen) atoms. The van der Waals surface area contributed by atoms with Gasteiger partial charge >= 0.3 is 0 Å². The van der Waals surface area contributed by atoms with Crippen molar-refractivity contribution in [2.45, 2.75) is 30.9 Å². The lowest BCUT2D eigenvalue weighted by Crippen LogP contribution is -2.42. The molecule has 5 nitrogen and oxygen atoms in total. The van der Waals surface area contributed by atoms with Crippen molar-refractivity contribution < 1.29 is 8.42 Å². The van der Waals surface area contributed by atoms with E-state index in [1.54, 1.807) is 6.92 Å². The van der Waals surface area contributed by atoms with Crippen LogP contribution < -0.4 is 10.0 Å². The highest BCUT2D eigenvalue weighted by atomic mass is 35.5. The van der Waals surface area contributed by atoms with Crippen molar-refractivity contribution in [3.05, 3.63) is 11.2 Å². The van der Waals surface area contributed by atoms with Crippen LogP contribution in [0.1, 0.15) is 24.8 Å². The quantitative estimate of drug-likeness (QED) is 0.881. The monoisotopic (exact) mass is 325 g/mol. The van der Waals surface area contributed by atoms with Gasteiger partial charge in [0.05, 0.1) is 11.2 Å². The molecule has 0 bridgehead atoms. The van der Waals surface area contributed by atoms with Gasteiger partial charge in [0.2, 0.25) is 0 Å². The predicted octanol–water partition coefficient (Wildman–Crippen LogP) is 1.54. The predicted molar refractivity (Wildman–Crippen MR) is 79.5 cm³/mol. The maximum absolute atomic E-state index is 12.1. The molecule has 1 aliphatic heterocycles. The van der Waals surface area contributed by atoms with Gasteiger partial charge in [-0.1, -0.05) is 6.92 Å². The first-order chi connectivity index (χ1) is 8.41. The number of nitrogens with one attached hydrogen (secondary N) is 2. The summed E-state index contributed by atoms with van der Waals surface area (Å²) in [5, 5.41) is 4.05. The molecule has 110 valence electrons. The van der Waals surface area contributed by atoms with Gasteiger partial charge in [-0.2, -0.15) is 0 Å². The van der Waals surface area contributed by atoms with Gasteiger partial charge in [0.25, 0.3) is 10.0 Å². The zero-order valence-corrected chi connectivity index (χ0v) is 13.6. The summed E-state index contributed by atoms with van der Waals surface area (Å²) in [6.07, 6.45) is 3.42. The average Bonchev–Trinajstić information content (AvgIpc) is 2.76. The van der Waals surface area contributed by atoms with E-state index in [-0.39, 0.29) is 17.8 Å². The zero-order chi connectivity index (χ0) is 13.2. The molecule has 0 saturated carbocycles. The Morgan fingerprint density at radius 1 is 1.47 bits per heavy atom. The van der Waals surface area contributed by atoms with Crippen LogP contribution in [0.3, 0.4) is 0 Å². The first kappa shape index (κ1) is 16.8. The third kappa shape index (κ3) is 4.39. The van der Waals surface area contributed by atoms with E-state index in [4.69, 9.17) is 0 Å². The summed E-state index contributed by atoms with van der Waals surface area (Å²) >= 11 is 1.21. The van der Waals surface area contributed by atoms with Crippen LogP contribution in [0.4, 0.5) is 0 Å². The molecule has 1 saturated heterocycles. The van der Waals surface area contributed by atoms with Crippen LogP contribution in [-0.4, -0.2) is 33.0 Å². The van der Waals surface area contributed by atoms with E-state index in [0.29, 0.717) is 10.8 Å². The molecule has 8 heteroatoms. The van der Waals surface area contributed by atoms with Crippen LogP contribution in [0.2, 0.25) is 0 Å². The summed E-state index contributed by atoms with van der Waals surface area (Å²) in [6, 6.07) is 0. The maximum Gasteiger partial charge on any atom is 0.251 e. The molecule has 1 aromatic heterocycles. The van der Waals surface area contributed by atoms with Crippen molar-refractivity contribution in [1.82, 2.24) is 15.0 Å². The van der Waals surface area contributed by atoms with E-state index >= 15 is 0 Å². The lowest BCUT2D eigenvalue weighted by atomic mass is 9.81. The largest absolute Gasteiger partial charge is 0.317 e. The number of sulfonamides is 1. The van der Waals surface area contributed by atoms with Gasteiger partial charge in [-0.25, -0.2) is 18.1 Å². The molecule has 2 heterocycles. The minimum Gasteiger partial charge on any atom is -0.317 e. The van der Waals surface area contributed by atoms with Crippen LogP contribution in [0.15, 0.2) is 10.4 Å². The Labute approximate surface area is 124 Å². The number of nitrogens with zero attached hydrogens (tertiary/aromatic N) is 1. The third-order valence-corrected chi connectivity index (χ3v) is 6.14. The highest BCUT2D eigenvalue weighted by Gasteiger charge is 2.29. The average molecular weight is 326 g/mol. The van der Waals surface area contributed by atoms with Gasteiger partial charge in [-0.15, -0.1) is 23.7 Å². The van der Waals surface area contributed by atoms with Crippen molar-refractivity contribution in [3.63, 3.8) is 0 Å². The Morgan fingerprint density at radius 3 is 2.63 bits per heavy atom. The molecule has 0 atom stereocenters. The fourth-order valence-corrected chi connectivity index (χ4v) is 4.37. The Hall–Kier alpha value is -0.210. The molecule has 1 aromatic rings. The van der Waals surface area contributed by atoms with Crippen LogP contribution >= 0.6 is 23.7 Å². The first-order valence-electron chi connectivity index (χ1n) is 6.04. The molecule has 0 amide bonds. The van der Waals surface area contributed by atoms with Gasteiger partial charge < -0.3 is 5.32 Å². The second-order valence-electron chi connectivity index (χ2n) is 5.08. The molecule has 2 N–H and O–H groups in total. The SMILES string of the molecule is Cc1ncc(S(=O)(=O)NCC2(C)CCNCC2)s1.Cl. The standard InChI is InChI=1S/C11H19N3O2S2.ClH/c1-9-13-7-10(17-9)18(15,16)14-8-11(2)3-5-12-6-4-11;/h7,12,14H,3-6,8H2,1-2H3;1H. The van der Waals surface area contributed by atoms with E-state index in [0.717, 1.165) is 30.9 Å². The third-order valence-electron chi connectivity index (χ3n) is 3.36. The van der Waals surface area contributed by atoms with Crippen LogP contribution in [0, 0.1) is 12.3 Å². The van der Waals surface area contributed by atoms with E-state index in [1.165, 1.54) is 17.5 Å². The van der Waals surface area contributed by atoms with Crippen molar-refractivity contribution in [1.29, 1.82) is 0 Å². The summed E-state index contributed by atoms with van der Waals surface area (Å²) in [5.41, 5.74) is 0.0536. The van der Waals surface area contributed by atoms with Crippen LogP contribution in [-0.2, 0) is 10.0 Å². The second-order valence-corrected chi connectivity index (χ2v) is 8.31. The molecule has 0 aliphatic carbocycles. The number of halogens is 1. The number of aryl methyl sites for hydroxylation is 1. The lowest BCUT2D eigenvalue weighted by molar-refractivity contribution is 0.232. The molecular weight excluding hydrogens is 306 g/mol. The van der Waals surface area contributed by atoms with E-state index in [2.05, 4.69) is 21.9 Å². The van der Waals surface area contributed by atoms with E-state index in [9.17, 15) is 8.42 Å². The van der Waals surface area contributed by atoms with Crippen molar-refractivity contribution in [3.8, 4) is 0 Å². The number of thiazole rings is 1. The number of piperidine rings is 1. The van der Waals surface area contributed by atoms with Gasteiger partial charge in [0.1, 0.15) is 0 Å². The fourth-order valence-electron chi connectivity index (χ4n) is 2.01. The van der Waals surface area contributed by atoms with Crippen molar-refractivity contribution in [2.75, 3.05) is 19.6 Å². The number of hydrogen-bond donors (Lipinski definition) is 2. The Balaban J connectivity index is 0.00000180. The Kier molecular flexibility index (Phi) is 5.76. The summed E-state index contributed by atoms with van der Waals surface area (Å²) in [7, 11) is -3.39. The highest BCUT2D eigenvalue weighted by Crippen LogP contribution is 2.27. The van der Waals surface area contributed by atoms with Gasteiger partial charge in [-0.05, 0) is 38.3 Å². The van der Waals surface area contributed by atoms with E-state index in [1.807, 2.05) is 0 Å². The lowest BCUT2D eigenvalue weighted by Gasteiger charge is -2.33.